The van der Waals surface area contributed by atoms with Gasteiger partial charge in [-0.15, -0.1) is 0 Å². The third-order valence-electron chi connectivity index (χ3n) is 5.03. The largest absolute Gasteiger partial charge is 0.352 e. The second kappa shape index (κ2) is 9.59. The van der Waals surface area contributed by atoms with Crippen LogP contribution in [0.15, 0.2) is 94.9 Å². The van der Waals surface area contributed by atoms with E-state index in [9.17, 15) is 4.79 Å². The molecule has 0 fully saturated rings. The van der Waals surface area contributed by atoms with Crippen LogP contribution >= 0.6 is 11.8 Å². The summed E-state index contributed by atoms with van der Waals surface area (Å²) in [6.45, 7) is 2.75. The molecular formula is C26H24N2OS. The number of nitrogens with zero attached hydrogens (tertiary/aromatic N) is 1. The van der Waals surface area contributed by atoms with Crippen molar-refractivity contribution < 1.29 is 4.79 Å². The van der Waals surface area contributed by atoms with Crippen LogP contribution in [0.1, 0.15) is 28.4 Å². The molecule has 30 heavy (non-hydrogen) atoms. The Morgan fingerprint density at radius 3 is 2.40 bits per heavy atom. The van der Waals surface area contributed by atoms with Crippen molar-refractivity contribution in [2.45, 2.75) is 29.7 Å². The highest BCUT2D eigenvalue weighted by Crippen LogP contribution is 2.30. The lowest BCUT2D eigenvalue weighted by atomic mass is 10.1. The lowest BCUT2D eigenvalue weighted by Crippen LogP contribution is -2.26. The number of nitrogens with one attached hydrogen (secondary N) is 1. The topological polar surface area (TPSA) is 42.0 Å². The molecule has 0 saturated heterocycles. The molecule has 0 aliphatic carbocycles. The standard InChI is InChI=1S/C26H24N2OS/c1-2-19-12-14-21(15-13-19)30-25-18-23(22-10-6-7-11-24(22)28-25)26(29)27-17-16-20-8-4-3-5-9-20/h3-15,18H,2,16-17H2,1H3,(H,27,29). The van der Waals surface area contributed by atoms with Gasteiger partial charge in [-0.3, -0.25) is 4.79 Å². The number of hydrogen-bond donors (Lipinski definition) is 1. The van der Waals surface area contributed by atoms with E-state index in [4.69, 9.17) is 4.98 Å². The number of aromatic nitrogens is 1. The summed E-state index contributed by atoms with van der Waals surface area (Å²) >= 11 is 1.58. The summed E-state index contributed by atoms with van der Waals surface area (Å²) in [5.74, 6) is -0.0623. The maximum atomic E-state index is 13.0. The van der Waals surface area contributed by atoms with Crippen molar-refractivity contribution in [1.29, 1.82) is 0 Å². The van der Waals surface area contributed by atoms with Crippen LogP contribution in [0.2, 0.25) is 0 Å². The monoisotopic (exact) mass is 412 g/mol. The van der Waals surface area contributed by atoms with Crippen LogP contribution in [0.5, 0.6) is 0 Å². The van der Waals surface area contributed by atoms with Gasteiger partial charge in [-0.25, -0.2) is 4.98 Å². The molecule has 1 aromatic heterocycles. The van der Waals surface area contributed by atoms with Gasteiger partial charge in [0.2, 0.25) is 0 Å². The number of amides is 1. The van der Waals surface area contributed by atoms with E-state index in [0.29, 0.717) is 12.1 Å². The molecule has 0 radical (unpaired) electrons. The molecule has 1 amide bonds. The van der Waals surface area contributed by atoms with Gasteiger partial charge in [0.25, 0.3) is 5.91 Å². The molecule has 0 bridgehead atoms. The van der Waals surface area contributed by atoms with Crippen molar-refractivity contribution in [2.24, 2.45) is 0 Å². The molecule has 0 unspecified atom stereocenters. The SMILES string of the molecule is CCc1ccc(Sc2cc(C(=O)NCCc3ccccc3)c3ccccc3n2)cc1. The van der Waals surface area contributed by atoms with E-state index in [1.807, 2.05) is 48.5 Å². The van der Waals surface area contributed by atoms with E-state index in [1.165, 1.54) is 11.1 Å². The molecular weight excluding hydrogens is 388 g/mol. The minimum atomic E-state index is -0.0623. The third kappa shape index (κ3) is 4.89. The van der Waals surface area contributed by atoms with Crippen LogP contribution in [-0.2, 0) is 12.8 Å². The summed E-state index contributed by atoms with van der Waals surface area (Å²) in [6.07, 6.45) is 1.83. The van der Waals surface area contributed by atoms with Crippen molar-refractivity contribution in [3.63, 3.8) is 0 Å². The summed E-state index contributed by atoms with van der Waals surface area (Å²) in [6, 6.07) is 28.4. The van der Waals surface area contributed by atoms with Gasteiger partial charge in [-0.2, -0.15) is 0 Å². The molecule has 150 valence electrons. The van der Waals surface area contributed by atoms with Crippen molar-refractivity contribution in [2.75, 3.05) is 6.54 Å². The molecule has 0 aliphatic rings. The minimum absolute atomic E-state index is 0.0623. The second-order valence-corrected chi connectivity index (χ2v) is 8.21. The van der Waals surface area contributed by atoms with Crippen LogP contribution in [0.4, 0.5) is 0 Å². The van der Waals surface area contributed by atoms with Gasteiger partial charge in [0, 0.05) is 16.8 Å². The number of fused-ring (bicyclic) bond motifs is 1. The molecule has 4 rings (SSSR count). The summed E-state index contributed by atoms with van der Waals surface area (Å²) in [4.78, 5) is 18.9. The Hall–Kier alpha value is -3.11. The Morgan fingerprint density at radius 2 is 1.63 bits per heavy atom. The van der Waals surface area contributed by atoms with Crippen LogP contribution in [0.25, 0.3) is 10.9 Å². The Morgan fingerprint density at radius 1 is 0.900 bits per heavy atom. The first-order valence-corrected chi connectivity index (χ1v) is 11.0. The van der Waals surface area contributed by atoms with Gasteiger partial charge in [0.15, 0.2) is 0 Å². The molecule has 3 aromatic carbocycles. The zero-order chi connectivity index (χ0) is 20.8. The number of rotatable bonds is 7. The lowest BCUT2D eigenvalue weighted by molar-refractivity contribution is 0.0955. The Labute approximate surface area is 181 Å². The highest BCUT2D eigenvalue weighted by molar-refractivity contribution is 7.99. The zero-order valence-electron chi connectivity index (χ0n) is 17.0. The fraction of sp³-hybridized carbons (Fsp3) is 0.154. The highest BCUT2D eigenvalue weighted by Gasteiger charge is 2.13. The van der Waals surface area contributed by atoms with E-state index in [1.54, 1.807) is 11.8 Å². The number of aryl methyl sites for hydroxylation is 1. The molecule has 0 atom stereocenters. The maximum Gasteiger partial charge on any atom is 0.252 e. The smallest absolute Gasteiger partial charge is 0.252 e. The van der Waals surface area contributed by atoms with Crippen LogP contribution in [-0.4, -0.2) is 17.4 Å². The normalized spacial score (nSPS) is 10.8. The minimum Gasteiger partial charge on any atom is -0.352 e. The van der Waals surface area contributed by atoms with Gasteiger partial charge in [-0.05, 0) is 48.2 Å². The Bertz CT molecular complexity index is 1140. The summed E-state index contributed by atoms with van der Waals surface area (Å²) < 4.78 is 0. The van der Waals surface area contributed by atoms with Crippen molar-refractivity contribution >= 4 is 28.6 Å². The van der Waals surface area contributed by atoms with Crippen molar-refractivity contribution in [1.82, 2.24) is 10.3 Å². The van der Waals surface area contributed by atoms with Crippen molar-refractivity contribution in [3.05, 3.63) is 102 Å². The number of carbonyl (C=O) groups excluding carboxylic acids is 1. The average molecular weight is 413 g/mol. The van der Waals surface area contributed by atoms with Gasteiger partial charge < -0.3 is 5.32 Å². The molecule has 4 heteroatoms. The molecule has 0 spiro atoms. The number of benzene rings is 3. The van der Waals surface area contributed by atoms with E-state index in [-0.39, 0.29) is 5.91 Å². The van der Waals surface area contributed by atoms with Gasteiger partial charge >= 0.3 is 0 Å². The Balaban J connectivity index is 1.55. The predicted octanol–water partition coefficient (Wildman–Crippen LogP) is 5.92. The average Bonchev–Trinajstić information content (AvgIpc) is 2.79. The van der Waals surface area contributed by atoms with E-state index >= 15 is 0 Å². The van der Waals surface area contributed by atoms with E-state index in [2.05, 4.69) is 48.6 Å². The summed E-state index contributed by atoms with van der Waals surface area (Å²) in [7, 11) is 0. The number of hydrogen-bond acceptors (Lipinski definition) is 3. The fourth-order valence-corrected chi connectivity index (χ4v) is 4.20. The first-order valence-electron chi connectivity index (χ1n) is 10.2. The Kier molecular flexibility index (Phi) is 6.45. The zero-order valence-corrected chi connectivity index (χ0v) is 17.8. The van der Waals surface area contributed by atoms with Crippen LogP contribution in [0, 0.1) is 0 Å². The predicted molar refractivity (Wildman–Crippen MR) is 124 cm³/mol. The first kappa shape index (κ1) is 20.2. The van der Waals surface area contributed by atoms with Gasteiger partial charge in [0.1, 0.15) is 5.03 Å². The van der Waals surface area contributed by atoms with Crippen molar-refractivity contribution in [3.8, 4) is 0 Å². The summed E-state index contributed by atoms with van der Waals surface area (Å²) in [5, 5.41) is 4.77. The molecule has 1 heterocycles. The molecule has 0 saturated carbocycles. The third-order valence-corrected chi connectivity index (χ3v) is 5.96. The van der Waals surface area contributed by atoms with E-state index < -0.39 is 0 Å². The highest BCUT2D eigenvalue weighted by atomic mass is 32.2. The lowest BCUT2D eigenvalue weighted by Gasteiger charge is -2.11. The fourth-order valence-electron chi connectivity index (χ4n) is 3.37. The molecule has 4 aromatic rings. The number of para-hydroxylation sites is 1. The van der Waals surface area contributed by atoms with Crippen LogP contribution < -0.4 is 5.32 Å². The van der Waals surface area contributed by atoms with E-state index in [0.717, 1.165) is 33.7 Å². The number of carbonyl (C=O) groups is 1. The van der Waals surface area contributed by atoms with Gasteiger partial charge in [-0.1, -0.05) is 79.3 Å². The van der Waals surface area contributed by atoms with Crippen LogP contribution in [0.3, 0.4) is 0 Å². The first-order chi connectivity index (χ1) is 14.7. The second-order valence-electron chi connectivity index (χ2n) is 7.12. The quantitative estimate of drug-likeness (QED) is 0.410. The maximum absolute atomic E-state index is 13.0. The molecule has 3 nitrogen and oxygen atoms in total. The number of pyridine rings is 1. The molecule has 1 N–H and O–H groups in total. The summed E-state index contributed by atoms with van der Waals surface area (Å²) in [5.41, 5.74) is 4.02. The molecule has 0 aliphatic heterocycles. The van der Waals surface area contributed by atoms with Gasteiger partial charge in [0.05, 0.1) is 11.1 Å².